The number of hydrogen-bond donors (Lipinski definition) is 0. The Morgan fingerprint density at radius 2 is 1.29 bits per heavy atom. The molecular formula is C24H28. The lowest BCUT2D eigenvalue weighted by Gasteiger charge is -2.16. The van der Waals surface area contributed by atoms with Crippen LogP contribution in [0.5, 0.6) is 0 Å². The molecule has 3 aromatic rings. The molecule has 1 atom stereocenters. The summed E-state index contributed by atoms with van der Waals surface area (Å²) in [5, 5.41) is 2.72. The number of aryl methyl sites for hydroxylation is 1. The summed E-state index contributed by atoms with van der Waals surface area (Å²) in [7, 11) is 0. The molecule has 124 valence electrons. The molecule has 0 bridgehead atoms. The highest BCUT2D eigenvalue weighted by molar-refractivity contribution is 5.84. The van der Waals surface area contributed by atoms with Gasteiger partial charge in [-0.1, -0.05) is 87.9 Å². The van der Waals surface area contributed by atoms with Gasteiger partial charge in [-0.2, -0.15) is 0 Å². The van der Waals surface area contributed by atoms with Gasteiger partial charge in [-0.15, -0.1) is 0 Å². The van der Waals surface area contributed by atoms with E-state index in [1.807, 2.05) is 0 Å². The van der Waals surface area contributed by atoms with Gasteiger partial charge in [0.15, 0.2) is 0 Å². The second-order valence-electron chi connectivity index (χ2n) is 6.98. The molecule has 0 N–H and O–H groups in total. The molecular weight excluding hydrogens is 288 g/mol. The van der Waals surface area contributed by atoms with E-state index in [0.29, 0.717) is 0 Å². The third-order valence-corrected chi connectivity index (χ3v) is 5.21. The molecule has 0 amide bonds. The fraction of sp³-hybridized carbons (Fsp3) is 0.333. The van der Waals surface area contributed by atoms with Crippen molar-refractivity contribution in [2.24, 2.45) is 5.92 Å². The first-order chi connectivity index (χ1) is 11.7. The fourth-order valence-electron chi connectivity index (χ4n) is 3.49. The van der Waals surface area contributed by atoms with Crippen molar-refractivity contribution < 1.29 is 0 Å². The molecule has 0 saturated heterocycles. The molecule has 1 unspecified atom stereocenters. The minimum Gasteiger partial charge on any atom is -0.0651 e. The minimum atomic E-state index is 0.728. The molecule has 0 aliphatic heterocycles. The van der Waals surface area contributed by atoms with Crippen molar-refractivity contribution >= 4 is 10.8 Å². The lowest BCUT2D eigenvalue weighted by atomic mass is 9.88. The molecule has 0 heterocycles. The molecule has 0 aliphatic carbocycles. The van der Waals surface area contributed by atoms with Gasteiger partial charge in [-0.3, -0.25) is 0 Å². The molecule has 0 fully saturated rings. The van der Waals surface area contributed by atoms with Crippen LogP contribution in [0.4, 0.5) is 0 Å². The predicted molar refractivity (Wildman–Crippen MR) is 106 cm³/mol. The number of hydrogen-bond acceptors (Lipinski definition) is 0. The molecule has 0 heteroatoms. The lowest BCUT2D eigenvalue weighted by Crippen LogP contribution is -2.04. The van der Waals surface area contributed by atoms with Crippen LogP contribution < -0.4 is 0 Å². The first kappa shape index (κ1) is 16.8. The summed E-state index contributed by atoms with van der Waals surface area (Å²) in [6.07, 6.45) is 4.55. The van der Waals surface area contributed by atoms with E-state index in [0.717, 1.165) is 18.8 Å². The van der Waals surface area contributed by atoms with Gasteiger partial charge in [0.05, 0.1) is 0 Å². The molecule has 0 spiro atoms. The Morgan fingerprint density at radius 3 is 1.92 bits per heavy atom. The number of fused-ring (bicyclic) bond motifs is 1. The van der Waals surface area contributed by atoms with E-state index < -0.39 is 0 Å². The normalized spacial score (nSPS) is 12.5. The van der Waals surface area contributed by atoms with Gasteiger partial charge in [0.1, 0.15) is 0 Å². The highest BCUT2D eigenvalue weighted by atomic mass is 14.2. The van der Waals surface area contributed by atoms with Crippen LogP contribution in [0.25, 0.3) is 10.8 Å². The minimum absolute atomic E-state index is 0.728. The molecule has 3 rings (SSSR count). The first-order valence-electron chi connectivity index (χ1n) is 9.28. The molecule has 0 aliphatic rings. The van der Waals surface area contributed by atoms with Crippen LogP contribution in [0, 0.1) is 5.92 Å². The summed E-state index contributed by atoms with van der Waals surface area (Å²) in [5.41, 5.74) is 5.96. The highest BCUT2D eigenvalue weighted by Gasteiger charge is 2.11. The Balaban J connectivity index is 2.05. The molecule has 0 aromatic heterocycles. The summed E-state index contributed by atoms with van der Waals surface area (Å²) < 4.78 is 0. The number of benzene rings is 3. The van der Waals surface area contributed by atoms with Gasteiger partial charge in [0, 0.05) is 0 Å². The van der Waals surface area contributed by atoms with E-state index in [4.69, 9.17) is 0 Å². The van der Waals surface area contributed by atoms with Crippen LogP contribution in [0.15, 0.2) is 60.7 Å². The van der Waals surface area contributed by atoms with Crippen LogP contribution in [0.2, 0.25) is 0 Å². The van der Waals surface area contributed by atoms with Crippen LogP contribution in [0.3, 0.4) is 0 Å². The topological polar surface area (TPSA) is 0 Å². The van der Waals surface area contributed by atoms with Crippen molar-refractivity contribution in [3.63, 3.8) is 0 Å². The SMILES string of the molecule is CCc1ccccc1Cc1cc2ccccc2cc1CC(C)CC. The maximum absolute atomic E-state index is 2.42. The fourth-order valence-corrected chi connectivity index (χ4v) is 3.49. The van der Waals surface area contributed by atoms with E-state index in [1.165, 1.54) is 45.9 Å². The van der Waals surface area contributed by atoms with Gasteiger partial charge in [0.25, 0.3) is 0 Å². The van der Waals surface area contributed by atoms with E-state index in [2.05, 4.69) is 81.4 Å². The van der Waals surface area contributed by atoms with Crippen LogP contribution in [-0.4, -0.2) is 0 Å². The smallest absolute Gasteiger partial charge is 0.00201 e. The van der Waals surface area contributed by atoms with Gasteiger partial charge in [-0.25, -0.2) is 0 Å². The zero-order valence-corrected chi connectivity index (χ0v) is 15.2. The van der Waals surface area contributed by atoms with Crippen LogP contribution >= 0.6 is 0 Å². The van der Waals surface area contributed by atoms with Crippen molar-refractivity contribution in [2.45, 2.75) is 46.5 Å². The van der Waals surface area contributed by atoms with Gasteiger partial charge < -0.3 is 0 Å². The van der Waals surface area contributed by atoms with Crippen LogP contribution in [-0.2, 0) is 19.3 Å². The quantitative estimate of drug-likeness (QED) is 0.481. The second kappa shape index (κ2) is 7.66. The second-order valence-corrected chi connectivity index (χ2v) is 6.98. The third-order valence-electron chi connectivity index (χ3n) is 5.21. The van der Waals surface area contributed by atoms with E-state index in [-0.39, 0.29) is 0 Å². The zero-order chi connectivity index (χ0) is 16.9. The monoisotopic (exact) mass is 316 g/mol. The Labute approximate surface area is 146 Å². The Hall–Kier alpha value is -2.08. The van der Waals surface area contributed by atoms with Gasteiger partial charge >= 0.3 is 0 Å². The molecule has 0 saturated carbocycles. The summed E-state index contributed by atoms with van der Waals surface area (Å²) in [6, 6.07) is 22.5. The Bertz CT molecular complexity index is 813. The predicted octanol–water partition coefficient (Wildman–Crippen LogP) is 6.58. The van der Waals surface area contributed by atoms with Crippen molar-refractivity contribution in [2.75, 3.05) is 0 Å². The zero-order valence-electron chi connectivity index (χ0n) is 15.2. The standard InChI is InChI=1S/C24H28/c1-4-18(3)14-23-16-21-12-8-9-13-22(21)17-24(23)15-20-11-7-6-10-19(20)5-2/h6-13,16-18H,4-5,14-15H2,1-3H3. The average Bonchev–Trinajstić information content (AvgIpc) is 2.62. The Kier molecular flexibility index (Phi) is 5.35. The molecule has 3 aromatic carbocycles. The summed E-state index contributed by atoms with van der Waals surface area (Å²) in [6.45, 7) is 6.90. The van der Waals surface area contributed by atoms with Crippen LogP contribution in [0.1, 0.15) is 49.4 Å². The first-order valence-corrected chi connectivity index (χ1v) is 9.28. The summed E-state index contributed by atoms with van der Waals surface area (Å²) in [4.78, 5) is 0. The average molecular weight is 316 g/mol. The lowest BCUT2D eigenvalue weighted by molar-refractivity contribution is 0.558. The van der Waals surface area contributed by atoms with Gasteiger partial charge in [0.2, 0.25) is 0 Å². The number of rotatable bonds is 6. The maximum atomic E-state index is 2.42. The maximum Gasteiger partial charge on any atom is -0.00201 e. The molecule has 24 heavy (non-hydrogen) atoms. The van der Waals surface area contributed by atoms with E-state index >= 15 is 0 Å². The molecule has 0 radical (unpaired) electrons. The van der Waals surface area contributed by atoms with E-state index in [1.54, 1.807) is 0 Å². The molecule has 0 nitrogen and oxygen atoms in total. The largest absolute Gasteiger partial charge is 0.0651 e. The van der Waals surface area contributed by atoms with Crippen molar-refractivity contribution in [1.82, 2.24) is 0 Å². The third kappa shape index (κ3) is 3.70. The Morgan fingerprint density at radius 1 is 0.708 bits per heavy atom. The van der Waals surface area contributed by atoms with E-state index in [9.17, 15) is 0 Å². The van der Waals surface area contributed by atoms with Crippen molar-refractivity contribution in [3.8, 4) is 0 Å². The van der Waals surface area contributed by atoms with Crippen molar-refractivity contribution in [3.05, 3.63) is 82.9 Å². The van der Waals surface area contributed by atoms with Gasteiger partial charge in [-0.05, 0) is 58.2 Å². The highest BCUT2D eigenvalue weighted by Crippen LogP contribution is 2.26. The van der Waals surface area contributed by atoms with Crippen molar-refractivity contribution in [1.29, 1.82) is 0 Å². The summed E-state index contributed by atoms with van der Waals surface area (Å²) in [5.74, 6) is 0.728. The summed E-state index contributed by atoms with van der Waals surface area (Å²) >= 11 is 0.